The summed E-state index contributed by atoms with van der Waals surface area (Å²) in [5.41, 5.74) is 3.84. The quantitative estimate of drug-likeness (QED) is 0.527. The van der Waals surface area contributed by atoms with Crippen LogP contribution in [-0.2, 0) is 16.1 Å². The number of thiophene rings is 1. The Hall–Kier alpha value is -2.48. The summed E-state index contributed by atoms with van der Waals surface area (Å²) in [6.45, 7) is 3.45. The second-order valence-electron chi connectivity index (χ2n) is 10.1. The number of aryl methyl sites for hydroxylation is 1. The molecule has 1 aromatic carbocycles. The van der Waals surface area contributed by atoms with E-state index in [1.54, 1.807) is 17.5 Å². The molecule has 2 aliphatic carbocycles. The number of aromatic nitrogens is 1. The zero-order valence-electron chi connectivity index (χ0n) is 18.7. The minimum absolute atomic E-state index is 0.0266. The maximum atomic E-state index is 12.5. The van der Waals surface area contributed by atoms with Crippen LogP contribution >= 0.6 is 22.9 Å². The van der Waals surface area contributed by atoms with Gasteiger partial charge in [0.25, 0.3) is 0 Å². The van der Waals surface area contributed by atoms with Gasteiger partial charge in [-0.3, -0.25) is 19.5 Å². The van der Waals surface area contributed by atoms with Gasteiger partial charge in [0, 0.05) is 33.3 Å². The number of pyridine rings is 1. The van der Waals surface area contributed by atoms with Crippen molar-refractivity contribution in [3.8, 4) is 16.9 Å². The number of nitrogens with zero attached hydrogens (tertiary/aromatic N) is 2. The van der Waals surface area contributed by atoms with Crippen molar-refractivity contribution >= 4 is 45.0 Å². The molecule has 2 bridgehead atoms. The topological polar surface area (TPSA) is 71.5 Å². The minimum Gasteiger partial charge on any atom is -0.488 e. The first-order valence-corrected chi connectivity index (χ1v) is 13.1. The van der Waals surface area contributed by atoms with Crippen LogP contribution in [0.25, 0.3) is 21.3 Å². The molecule has 4 heterocycles. The summed E-state index contributed by atoms with van der Waals surface area (Å²) in [4.78, 5) is 31.9. The highest BCUT2D eigenvalue weighted by Gasteiger charge is 2.58. The molecule has 3 aromatic rings. The summed E-state index contributed by atoms with van der Waals surface area (Å²) < 4.78 is 7.67. The Kier molecular flexibility index (Phi) is 4.61. The largest absolute Gasteiger partial charge is 0.488 e. The third kappa shape index (κ3) is 3.21. The van der Waals surface area contributed by atoms with Gasteiger partial charge in [-0.05, 0) is 68.5 Å². The lowest BCUT2D eigenvalue weighted by atomic mass is 10.0. The number of halogens is 1. The van der Waals surface area contributed by atoms with Crippen molar-refractivity contribution in [1.82, 2.24) is 15.2 Å². The summed E-state index contributed by atoms with van der Waals surface area (Å²) in [5.74, 6) is 1.36. The van der Waals surface area contributed by atoms with Gasteiger partial charge < -0.3 is 10.1 Å². The first-order chi connectivity index (χ1) is 16.5. The monoisotopic (exact) mass is 493 g/mol. The van der Waals surface area contributed by atoms with Crippen LogP contribution in [0.2, 0.25) is 5.02 Å². The Morgan fingerprint density at radius 3 is 2.71 bits per heavy atom. The Morgan fingerprint density at radius 1 is 1.15 bits per heavy atom. The fourth-order valence-electron chi connectivity index (χ4n) is 6.01. The first-order valence-electron chi connectivity index (χ1n) is 11.9. The fourth-order valence-corrected chi connectivity index (χ4v) is 7.41. The fraction of sp³-hybridized carbons (Fsp3) is 0.423. The van der Waals surface area contributed by atoms with Crippen LogP contribution in [0.3, 0.4) is 0 Å². The van der Waals surface area contributed by atoms with Gasteiger partial charge in [0.1, 0.15) is 11.9 Å². The van der Waals surface area contributed by atoms with Crippen molar-refractivity contribution in [3.63, 3.8) is 0 Å². The van der Waals surface area contributed by atoms with Gasteiger partial charge in [-0.1, -0.05) is 11.6 Å². The highest BCUT2D eigenvalue weighted by molar-refractivity contribution is 7.19. The van der Waals surface area contributed by atoms with Crippen LogP contribution in [0, 0.1) is 24.7 Å². The molecule has 2 saturated heterocycles. The SMILES string of the molecule is Cc1cc(Cl)cc(-c2ccnc3cc(CN4C(=O)C5CC5C4=O)sc23)c1O[C@@H]1C[C@H]2CN[C@@H]1C2. The van der Waals surface area contributed by atoms with E-state index in [1.807, 2.05) is 31.2 Å². The average Bonchev–Trinajstić information content (AvgIpc) is 3.08. The van der Waals surface area contributed by atoms with E-state index >= 15 is 0 Å². The van der Waals surface area contributed by atoms with E-state index in [-0.39, 0.29) is 29.8 Å². The molecule has 4 fully saturated rings. The zero-order valence-corrected chi connectivity index (χ0v) is 20.3. The summed E-state index contributed by atoms with van der Waals surface area (Å²) in [7, 11) is 0. The number of hydrogen-bond donors (Lipinski definition) is 1. The van der Waals surface area contributed by atoms with Crippen LogP contribution < -0.4 is 10.1 Å². The number of ether oxygens (including phenoxy) is 1. The number of piperidine rings is 2. The zero-order chi connectivity index (χ0) is 23.1. The number of rotatable bonds is 5. The van der Waals surface area contributed by atoms with E-state index in [4.69, 9.17) is 16.3 Å². The average molecular weight is 494 g/mol. The van der Waals surface area contributed by atoms with E-state index in [2.05, 4.69) is 10.3 Å². The number of amides is 2. The van der Waals surface area contributed by atoms with Crippen LogP contribution in [0.5, 0.6) is 5.75 Å². The van der Waals surface area contributed by atoms with Crippen molar-refractivity contribution in [1.29, 1.82) is 0 Å². The molecule has 2 unspecified atom stereocenters. The molecule has 2 amide bonds. The van der Waals surface area contributed by atoms with Crippen LogP contribution in [0.1, 0.15) is 29.7 Å². The number of likely N-dealkylation sites (tertiary alicyclic amines) is 1. The van der Waals surface area contributed by atoms with Crippen LogP contribution in [0.15, 0.2) is 30.5 Å². The number of benzene rings is 1. The molecule has 7 rings (SSSR count). The van der Waals surface area contributed by atoms with Crippen molar-refractivity contribution in [2.75, 3.05) is 6.54 Å². The lowest BCUT2D eigenvalue weighted by molar-refractivity contribution is -0.141. The van der Waals surface area contributed by atoms with Gasteiger partial charge in [0.15, 0.2) is 0 Å². The molecule has 2 saturated carbocycles. The summed E-state index contributed by atoms with van der Waals surface area (Å²) in [5, 5.41) is 4.25. The molecule has 0 spiro atoms. The maximum absolute atomic E-state index is 12.5. The number of imide groups is 1. The molecule has 5 atom stereocenters. The number of carbonyl (C=O) groups is 2. The molecule has 34 heavy (non-hydrogen) atoms. The third-order valence-corrected chi connectivity index (χ3v) is 9.16. The molecule has 2 aliphatic heterocycles. The molecular weight excluding hydrogens is 470 g/mol. The Morgan fingerprint density at radius 2 is 1.97 bits per heavy atom. The Bertz CT molecular complexity index is 1350. The van der Waals surface area contributed by atoms with Crippen LogP contribution in [0.4, 0.5) is 0 Å². The molecular formula is C26H24ClN3O3S. The van der Waals surface area contributed by atoms with Crippen molar-refractivity contribution in [3.05, 3.63) is 45.9 Å². The summed E-state index contributed by atoms with van der Waals surface area (Å²) >= 11 is 8.09. The van der Waals surface area contributed by atoms with E-state index in [9.17, 15) is 9.59 Å². The predicted molar refractivity (Wildman–Crippen MR) is 131 cm³/mol. The first kappa shape index (κ1) is 20.9. The molecule has 4 aliphatic rings. The van der Waals surface area contributed by atoms with E-state index in [0.717, 1.165) is 56.9 Å². The van der Waals surface area contributed by atoms with Gasteiger partial charge in [0.2, 0.25) is 11.8 Å². The third-order valence-electron chi connectivity index (χ3n) is 7.80. The van der Waals surface area contributed by atoms with E-state index in [0.29, 0.717) is 23.5 Å². The maximum Gasteiger partial charge on any atom is 0.233 e. The normalized spacial score (nSPS) is 29.4. The van der Waals surface area contributed by atoms with E-state index < -0.39 is 0 Å². The minimum atomic E-state index is -0.0787. The van der Waals surface area contributed by atoms with Crippen molar-refractivity contribution in [2.24, 2.45) is 17.8 Å². The second-order valence-corrected chi connectivity index (χ2v) is 11.7. The number of fused-ring (bicyclic) bond motifs is 4. The van der Waals surface area contributed by atoms with Crippen molar-refractivity contribution < 1.29 is 14.3 Å². The van der Waals surface area contributed by atoms with Gasteiger partial charge in [0.05, 0.1) is 28.6 Å². The lowest BCUT2D eigenvalue weighted by Gasteiger charge is -2.26. The molecule has 1 N–H and O–H groups in total. The summed E-state index contributed by atoms with van der Waals surface area (Å²) in [6.07, 6.45) is 4.94. The second kappa shape index (κ2) is 7.51. The van der Waals surface area contributed by atoms with Crippen molar-refractivity contribution in [2.45, 2.75) is 44.9 Å². The number of carbonyl (C=O) groups excluding carboxylic acids is 2. The van der Waals surface area contributed by atoms with Gasteiger partial charge in [-0.15, -0.1) is 11.3 Å². The van der Waals surface area contributed by atoms with Gasteiger partial charge in [-0.25, -0.2) is 0 Å². The molecule has 8 heteroatoms. The van der Waals surface area contributed by atoms with Crippen LogP contribution in [-0.4, -0.2) is 40.4 Å². The number of hydrogen-bond acceptors (Lipinski definition) is 6. The molecule has 2 aromatic heterocycles. The highest BCUT2D eigenvalue weighted by Crippen LogP contribution is 2.48. The molecule has 6 nitrogen and oxygen atoms in total. The molecule has 0 radical (unpaired) electrons. The number of nitrogens with one attached hydrogen (secondary N) is 1. The Labute approximate surface area is 206 Å². The van der Waals surface area contributed by atoms with Gasteiger partial charge >= 0.3 is 0 Å². The smallest absolute Gasteiger partial charge is 0.233 e. The molecule has 174 valence electrons. The van der Waals surface area contributed by atoms with Gasteiger partial charge in [-0.2, -0.15) is 0 Å². The Balaban J connectivity index is 1.26. The van der Waals surface area contributed by atoms with E-state index in [1.165, 1.54) is 11.3 Å². The highest BCUT2D eigenvalue weighted by atomic mass is 35.5. The predicted octanol–water partition coefficient (Wildman–Crippen LogP) is 4.56. The standard InChI is InChI=1S/C26H24ClN3O3S/c1-12-4-14(27)7-17(23(12)33-22-6-13-5-20(22)29-10-13)16-2-3-28-21-8-15(34-24(16)21)11-30-25(31)18-9-19(18)26(30)32/h2-4,7-8,13,18-20,22,29H,5-6,9-11H2,1H3/t13-,18?,19?,20+,22+/m0/s1. The summed E-state index contributed by atoms with van der Waals surface area (Å²) in [6, 6.07) is 8.32. The lowest BCUT2D eigenvalue weighted by Crippen LogP contribution is -2.40.